The third-order valence-electron chi connectivity index (χ3n) is 4.17. The van der Waals surface area contributed by atoms with Gasteiger partial charge < -0.3 is 15.8 Å². The number of primary amides is 1. The van der Waals surface area contributed by atoms with E-state index in [1.54, 1.807) is 12.1 Å². The number of nitrogens with one attached hydrogen (secondary N) is 1. The Bertz CT molecular complexity index is 944. The lowest BCUT2D eigenvalue weighted by molar-refractivity contribution is 0.0995. The van der Waals surface area contributed by atoms with Crippen LogP contribution in [-0.2, 0) is 13.0 Å². The smallest absolute Gasteiger partial charge is 0.268 e. The topological polar surface area (TPSA) is 90.1 Å². The second kappa shape index (κ2) is 9.05. The summed E-state index contributed by atoms with van der Waals surface area (Å²) >= 11 is 0. The van der Waals surface area contributed by atoms with Crippen molar-refractivity contribution in [2.45, 2.75) is 19.9 Å². The summed E-state index contributed by atoms with van der Waals surface area (Å²) in [5.74, 6) is 0.102. The summed E-state index contributed by atoms with van der Waals surface area (Å²) in [5.41, 5.74) is 8.41. The second-order valence-electron chi connectivity index (χ2n) is 6.36. The van der Waals surface area contributed by atoms with Crippen LogP contribution < -0.4 is 15.8 Å². The molecule has 0 unspecified atom stereocenters. The normalized spacial score (nSPS) is 10.6. The number of nitrogens with zero attached hydrogens (tertiary/aromatic N) is 2. The number of hydrogen-bond acceptors (Lipinski definition) is 5. The number of aryl methyl sites for hydroxylation is 1. The van der Waals surface area contributed by atoms with Crippen molar-refractivity contribution in [3.05, 3.63) is 83.1 Å². The first-order valence-corrected chi connectivity index (χ1v) is 8.85. The van der Waals surface area contributed by atoms with Crippen molar-refractivity contribution in [3.8, 4) is 11.6 Å². The molecule has 0 atom stereocenters. The highest BCUT2D eigenvalue weighted by Crippen LogP contribution is 2.24. The first-order valence-electron chi connectivity index (χ1n) is 8.85. The van der Waals surface area contributed by atoms with Gasteiger partial charge in [0.25, 0.3) is 5.91 Å². The molecule has 7 heteroatoms. The van der Waals surface area contributed by atoms with Crippen molar-refractivity contribution in [2.75, 3.05) is 6.54 Å². The van der Waals surface area contributed by atoms with Crippen LogP contribution in [0.1, 0.15) is 27.2 Å². The summed E-state index contributed by atoms with van der Waals surface area (Å²) < 4.78 is 18.6. The average Bonchev–Trinajstić information content (AvgIpc) is 2.69. The number of rotatable bonds is 8. The van der Waals surface area contributed by atoms with Crippen LogP contribution in [0.2, 0.25) is 0 Å². The number of carbonyl (C=O) groups is 1. The maximum Gasteiger partial charge on any atom is 0.268 e. The van der Waals surface area contributed by atoms with Gasteiger partial charge in [-0.2, -0.15) is 0 Å². The van der Waals surface area contributed by atoms with Crippen LogP contribution in [0.5, 0.6) is 11.6 Å². The molecular weight excluding hydrogens is 359 g/mol. The largest absolute Gasteiger partial charge is 0.437 e. The molecule has 0 aliphatic rings. The van der Waals surface area contributed by atoms with Crippen molar-refractivity contribution < 1.29 is 13.9 Å². The summed E-state index contributed by atoms with van der Waals surface area (Å²) in [6, 6.07) is 12.4. The highest BCUT2D eigenvalue weighted by molar-refractivity contribution is 5.90. The molecule has 0 bridgehead atoms. The summed E-state index contributed by atoms with van der Waals surface area (Å²) in [5, 5.41) is 3.38. The van der Waals surface area contributed by atoms with Gasteiger partial charge in [0.1, 0.15) is 17.3 Å². The number of nitrogens with two attached hydrogens (primary N) is 1. The molecule has 1 aromatic heterocycles. The lowest BCUT2D eigenvalue weighted by Gasteiger charge is -2.10. The Balaban J connectivity index is 1.51. The van der Waals surface area contributed by atoms with Gasteiger partial charge >= 0.3 is 0 Å². The van der Waals surface area contributed by atoms with E-state index in [9.17, 15) is 9.18 Å². The van der Waals surface area contributed by atoms with Gasteiger partial charge in [-0.1, -0.05) is 24.3 Å². The maximum atomic E-state index is 12.9. The van der Waals surface area contributed by atoms with Crippen LogP contribution in [-0.4, -0.2) is 22.4 Å². The Hall–Kier alpha value is -3.32. The minimum absolute atomic E-state index is 0.0890. The zero-order valence-electron chi connectivity index (χ0n) is 15.5. The van der Waals surface area contributed by atoms with Crippen LogP contribution in [0.3, 0.4) is 0 Å². The van der Waals surface area contributed by atoms with E-state index in [2.05, 4.69) is 15.3 Å². The molecule has 144 valence electrons. The van der Waals surface area contributed by atoms with E-state index >= 15 is 0 Å². The fourth-order valence-electron chi connectivity index (χ4n) is 2.66. The monoisotopic (exact) mass is 380 g/mol. The molecular formula is C21H21FN4O2. The molecule has 2 aromatic carbocycles. The highest BCUT2D eigenvalue weighted by atomic mass is 19.1. The number of benzene rings is 2. The third kappa shape index (κ3) is 5.34. The fraction of sp³-hybridized carbons (Fsp3) is 0.190. The first-order chi connectivity index (χ1) is 13.5. The zero-order chi connectivity index (χ0) is 19.9. The SMILES string of the molecule is Cc1cc(CNCCc2ccc(F)cc2)ccc1Oc1cnc(C(N)=O)cn1. The predicted octanol–water partition coefficient (Wildman–Crippen LogP) is 3.15. The number of amides is 1. The summed E-state index contributed by atoms with van der Waals surface area (Å²) in [6.07, 6.45) is 3.48. The molecule has 0 aliphatic carbocycles. The average molecular weight is 380 g/mol. The lowest BCUT2D eigenvalue weighted by Crippen LogP contribution is -2.16. The van der Waals surface area contributed by atoms with Gasteiger partial charge in [0, 0.05) is 6.54 Å². The van der Waals surface area contributed by atoms with Crippen molar-refractivity contribution >= 4 is 5.91 Å². The summed E-state index contributed by atoms with van der Waals surface area (Å²) in [6.45, 7) is 3.46. The van der Waals surface area contributed by atoms with Crippen molar-refractivity contribution in [2.24, 2.45) is 5.73 Å². The number of aromatic nitrogens is 2. The number of hydrogen-bond donors (Lipinski definition) is 2. The van der Waals surface area contributed by atoms with E-state index in [1.807, 2.05) is 25.1 Å². The van der Waals surface area contributed by atoms with E-state index in [4.69, 9.17) is 10.5 Å². The van der Waals surface area contributed by atoms with E-state index in [-0.39, 0.29) is 11.5 Å². The van der Waals surface area contributed by atoms with Gasteiger partial charge in [-0.25, -0.2) is 14.4 Å². The molecule has 1 heterocycles. The maximum absolute atomic E-state index is 12.9. The van der Waals surface area contributed by atoms with Crippen molar-refractivity contribution in [1.29, 1.82) is 0 Å². The molecule has 3 rings (SSSR count). The minimum Gasteiger partial charge on any atom is -0.437 e. The van der Waals surface area contributed by atoms with E-state index < -0.39 is 5.91 Å². The number of carbonyl (C=O) groups excluding carboxylic acids is 1. The Kier molecular flexibility index (Phi) is 6.29. The third-order valence-corrected chi connectivity index (χ3v) is 4.17. The van der Waals surface area contributed by atoms with E-state index in [0.717, 1.165) is 36.2 Å². The Morgan fingerprint density at radius 1 is 1.11 bits per heavy atom. The van der Waals surface area contributed by atoms with Crippen molar-refractivity contribution in [3.63, 3.8) is 0 Å². The molecule has 0 spiro atoms. The lowest BCUT2D eigenvalue weighted by atomic mass is 10.1. The molecule has 0 aliphatic heterocycles. The van der Waals surface area contributed by atoms with Gasteiger partial charge in [0.05, 0.1) is 12.4 Å². The minimum atomic E-state index is -0.633. The molecule has 1 amide bonds. The van der Waals surface area contributed by atoms with Crippen molar-refractivity contribution in [1.82, 2.24) is 15.3 Å². The second-order valence-corrected chi connectivity index (χ2v) is 6.36. The standard InChI is InChI=1S/C21H21FN4O2/c1-14-10-16(11-24-9-8-15-2-5-17(22)6-3-15)4-7-19(14)28-20-13-25-18(12-26-20)21(23)27/h2-7,10,12-13,24H,8-9,11H2,1H3,(H2,23,27). The highest BCUT2D eigenvalue weighted by Gasteiger charge is 2.07. The molecule has 6 nitrogen and oxygen atoms in total. The fourth-order valence-corrected chi connectivity index (χ4v) is 2.66. The van der Waals surface area contributed by atoms with Gasteiger partial charge in [-0.05, 0) is 54.8 Å². The molecule has 3 aromatic rings. The number of halogens is 1. The van der Waals surface area contributed by atoms with E-state index in [0.29, 0.717) is 11.6 Å². The van der Waals surface area contributed by atoms with Gasteiger partial charge in [0.15, 0.2) is 0 Å². The molecule has 0 saturated carbocycles. The number of ether oxygens (including phenoxy) is 1. The zero-order valence-corrected chi connectivity index (χ0v) is 15.5. The van der Waals surface area contributed by atoms with Gasteiger partial charge in [-0.15, -0.1) is 0 Å². The van der Waals surface area contributed by atoms with Crippen LogP contribution in [0.25, 0.3) is 0 Å². The molecule has 3 N–H and O–H groups in total. The van der Waals surface area contributed by atoms with Crippen LogP contribution in [0.4, 0.5) is 4.39 Å². The Morgan fingerprint density at radius 3 is 2.50 bits per heavy atom. The van der Waals surface area contributed by atoms with Crippen LogP contribution in [0, 0.1) is 12.7 Å². The van der Waals surface area contributed by atoms with E-state index in [1.165, 1.54) is 24.5 Å². The molecule has 28 heavy (non-hydrogen) atoms. The predicted molar refractivity (Wildman–Crippen MR) is 104 cm³/mol. The quantitative estimate of drug-likeness (QED) is 0.586. The summed E-state index contributed by atoms with van der Waals surface area (Å²) in [4.78, 5) is 19.0. The van der Waals surface area contributed by atoms with Gasteiger partial charge in [0.2, 0.25) is 5.88 Å². The molecule has 0 fully saturated rings. The first kappa shape index (κ1) is 19.4. The molecule has 0 radical (unpaired) electrons. The van der Waals surface area contributed by atoms with Crippen LogP contribution >= 0.6 is 0 Å². The summed E-state index contributed by atoms with van der Waals surface area (Å²) in [7, 11) is 0. The molecule has 0 saturated heterocycles. The Labute approximate surface area is 162 Å². The van der Waals surface area contributed by atoms with Crippen LogP contribution in [0.15, 0.2) is 54.9 Å². The Morgan fingerprint density at radius 2 is 1.86 bits per heavy atom. The van der Waals surface area contributed by atoms with Gasteiger partial charge in [-0.3, -0.25) is 4.79 Å².